The number of nitriles is 1. The van der Waals surface area contributed by atoms with Crippen molar-refractivity contribution in [2.75, 3.05) is 11.9 Å². The van der Waals surface area contributed by atoms with Crippen LogP contribution in [0.15, 0.2) is 46.9 Å². The van der Waals surface area contributed by atoms with Gasteiger partial charge in [0, 0.05) is 4.47 Å². The number of ether oxygens (including phenoxy) is 1. The van der Waals surface area contributed by atoms with Gasteiger partial charge >= 0.3 is 0 Å². The highest BCUT2D eigenvalue weighted by Gasteiger charge is 2.13. The topological polar surface area (TPSA) is 62.1 Å². The summed E-state index contributed by atoms with van der Waals surface area (Å²) in [4.78, 5) is 12.3. The number of amides is 1. The second kappa shape index (κ2) is 7.11. The number of nitrogens with one attached hydrogen (secondary N) is 1. The van der Waals surface area contributed by atoms with Crippen LogP contribution in [0.1, 0.15) is 10.4 Å². The Balaban J connectivity index is 2.24. The molecular formula is C15H10BrClN2O2. The molecule has 0 atom stereocenters. The van der Waals surface area contributed by atoms with E-state index in [-0.39, 0.29) is 12.5 Å². The highest BCUT2D eigenvalue weighted by molar-refractivity contribution is 9.10. The fourth-order valence-corrected chi connectivity index (χ4v) is 2.23. The number of carbonyl (C=O) groups excluding carboxylic acids is 1. The molecule has 2 aromatic carbocycles. The number of rotatable bonds is 4. The van der Waals surface area contributed by atoms with Gasteiger partial charge in [-0.2, -0.15) is 5.26 Å². The second-order valence-electron chi connectivity index (χ2n) is 4.02. The Morgan fingerprint density at radius 2 is 2.10 bits per heavy atom. The number of carbonyl (C=O) groups is 1. The average Bonchev–Trinajstić information content (AvgIpc) is 2.48. The summed E-state index contributed by atoms with van der Waals surface area (Å²) in [5.74, 6) is 0.0767. The third-order valence-electron chi connectivity index (χ3n) is 2.60. The first kappa shape index (κ1) is 15.4. The molecule has 21 heavy (non-hydrogen) atoms. The summed E-state index contributed by atoms with van der Waals surface area (Å²) in [6.07, 6.45) is 0. The lowest BCUT2D eigenvalue weighted by Crippen LogP contribution is -2.13. The highest BCUT2D eigenvalue weighted by Crippen LogP contribution is 2.26. The first-order valence-electron chi connectivity index (χ1n) is 5.97. The van der Waals surface area contributed by atoms with E-state index in [1.54, 1.807) is 42.5 Å². The van der Waals surface area contributed by atoms with Crippen LogP contribution in [-0.2, 0) is 0 Å². The maximum atomic E-state index is 12.3. The molecule has 0 aliphatic heterocycles. The van der Waals surface area contributed by atoms with Crippen molar-refractivity contribution in [1.82, 2.24) is 0 Å². The SMILES string of the molecule is N#CCOc1ccccc1NC(=O)c1cc(Br)ccc1Cl. The minimum absolute atomic E-state index is 0.0927. The molecule has 0 radical (unpaired) electrons. The van der Waals surface area contributed by atoms with Crippen molar-refractivity contribution >= 4 is 39.1 Å². The van der Waals surface area contributed by atoms with Gasteiger partial charge in [0.15, 0.2) is 6.61 Å². The molecule has 2 rings (SSSR count). The van der Waals surface area contributed by atoms with Crippen molar-refractivity contribution in [3.8, 4) is 11.8 Å². The lowest BCUT2D eigenvalue weighted by atomic mass is 10.2. The molecule has 0 fully saturated rings. The average molecular weight is 366 g/mol. The molecule has 2 aromatic rings. The van der Waals surface area contributed by atoms with Gasteiger partial charge in [-0.3, -0.25) is 4.79 Å². The summed E-state index contributed by atoms with van der Waals surface area (Å²) < 4.78 is 6.01. The van der Waals surface area contributed by atoms with Crippen LogP contribution in [0.2, 0.25) is 5.02 Å². The van der Waals surface area contributed by atoms with Crippen LogP contribution in [0.3, 0.4) is 0 Å². The Bertz CT molecular complexity index is 713. The van der Waals surface area contributed by atoms with Crippen molar-refractivity contribution in [3.05, 3.63) is 57.5 Å². The van der Waals surface area contributed by atoms with Gasteiger partial charge in [-0.05, 0) is 30.3 Å². The normalized spacial score (nSPS) is 9.76. The van der Waals surface area contributed by atoms with Gasteiger partial charge < -0.3 is 10.1 Å². The lowest BCUT2D eigenvalue weighted by molar-refractivity contribution is 0.102. The van der Waals surface area contributed by atoms with E-state index in [2.05, 4.69) is 21.2 Å². The van der Waals surface area contributed by atoms with Crippen molar-refractivity contribution in [2.24, 2.45) is 0 Å². The van der Waals surface area contributed by atoms with Gasteiger partial charge in [0.1, 0.15) is 11.8 Å². The Morgan fingerprint density at radius 3 is 2.86 bits per heavy atom. The first-order valence-corrected chi connectivity index (χ1v) is 7.14. The lowest BCUT2D eigenvalue weighted by Gasteiger charge is -2.11. The molecule has 106 valence electrons. The molecule has 4 nitrogen and oxygen atoms in total. The predicted octanol–water partition coefficient (Wildman–Crippen LogP) is 4.26. The molecule has 0 saturated heterocycles. The largest absolute Gasteiger partial charge is 0.477 e. The molecule has 0 aliphatic carbocycles. The molecule has 0 spiro atoms. The molecule has 0 bridgehead atoms. The van der Waals surface area contributed by atoms with Crippen LogP contribution in [0.5, 0.6) is 5.75 Å². The number of anilines is 1. The summed E-state index contributed by atoms with van der Waals surface area (Å²) in [6, 6.07) is 13.8. The molecule has 1 N–H and O–H groups in total. The van der Waals surface area contributed by atoms with Gasteiger partial charge in [0.05, 0.1) is 16.3 Å². The van der Waals surface area contributed by atoms with E-state index in [9.17, 15) is 4.79 Å². The number of hydrogen-bond acceptors (Lipinski definition) is 3. The van der Waals surface area contributed by atoms with Gasteiger partial charge in [-0.25, -0.2) is 0 Å². The van der Waals surface area contributed by atoms with E-state index >= 15 is 0 Å². The van der Waals surface area contributed by atoms with Crippen LogP contribution < -0.4 is 10.1 Å². The van der Waals surface area contributed by atoms with Gasteiger partial charge in [0.2, 0.25) is 0 Å². The van der Waals surface area contributed by atoms with Crippen molar-refractivity contribution in [2.45, 2.75) is 0 Å². The van der Waals surface area contributed by atoms with Crippen LogP contribution in [-0.4, -0.2) is 12.5 Å². The predicted molar refractivity (Wildman–Crippen MR) is 84.7 cm³/mol. The molecular weight excluding hydrogens is 356 g/mol. The van der Waals surface area contributed by atoms with Crippen LogP contribution in [0, 0.1) is 11.3 Å². The Kier molecular flexibility index (Phi) is 5.20. The van der Waals surface area contributed by atoms with E-state index in [1.165, 1.54) is 0 Å². The zero-order valence-corrected chi connectivity index (χ0v) is 13.1. The summed E-state index contributed by atoms with van der Waals surface area (Å²) in [5.41, 5.74) is 0.829. The first-order chi connectivity index (χ1) is 10.1. The summed E-state index contributed by atoms with van der Waals surface area (Å²) in [6.45, 7) is -0.0927. The summed E-state index contributed by atoms with van der Waals surface area (Å²) in [5, 5.41) is 11.6. The van der Waals surface area contributed by atoms with Gasteiger partial charge in [-0.1, -0.05) is 39.7 Å². The molecule has 0 aliphatic rings. The molecule has 0 heterocycles. The van der Waals surface area contributed by atoms with Crippen molar-refractivity contribution in [3.63, 3.8) is 0 Å². The van der Waals surface area contributed by atoms with E-state index in [4.69, 9.17) is 21.6 Å². The van der Waals surface area contributed by atoms with E-state index < -0.39 is 0 Å². The van der Waals surface area contributed by atoms with Crippen molar-refractivity contribution in [1.29, 1.82) is 5.26 Å². The Morgan fingerprint density at radius 1 is 1.33 bits per heavy atom. The quantitative estimate of drug-likeness (QED) is 0.880. The Labute approximate surface area is 135 Å². The minimum atomic E-state index is -0.352. The smallest absolute Gasteiger partial charge is 0.257 e. The maximum absolute atomic E-state index is 12.3. The van der Waals surface area contributed by atoms with Gasteiger partial charge in [0.25, 0.3) is 5.91 Å². The van der Waals surface area contributed by atoms with Crippen LogP contribution in [0.25, 0.3) is 0 Å². The number of halogens is 2. The van der Waals surface area contributed by atoms with Gasteiger partial charge in [-0.15, -0.1) is 0 Å². The number of benzene rings is 2. The fourth-order valence-electron chi connectivity index (χ4n) is 1.67. The summed E-state index contributed by atoms with van der Waals surface area (Å²) in [7, 11) is 0. The second-order valence-corrected chi connectivity index (χ2v) is 5.34. The minimum Gasteiger partial charge on any atom is -0.477 e. The molecule has 0 aromatic heterocycles. The number of para-hydroxylation sites is 2. The monoisotopic (exact) mass is 364 g/mol. The zero-order valence-electron chi connectivity index (χ0n) is 10.8. The van der Waals surface area contributed by atoms with Crippen LogP contribution in [0.4, 0.5) is 5.69 Å². The molecule has 6 heteroatoms. The van der Waals surface area contributed by atoms with Crippen LogP contribution >= 0.6 is 27.5 Å². The molecule has 1 amide bonds. The highest BCUT2D eigenvalue weighted by atomic mass is 79.9. The zero-order chi connectivity index (χ0) is 15.2. The molecule has 0 unspecified atom stereocenters. The third kappa shape index (κ3) is 3.97. The van der Waals surface area contributed by atoms with E-state index in [1.807, 2.05) is 6.07 Å². The third-order valence-corrected chi connectivity index (χ3v) is 3.42. The van der Waals surface area contributed by atoms with Crippen molar-refractivity contribution < 1.29 is 9.53 Å². The number of nitrogens with zero attached hydrogens (tertiary/aromatic N) is 1. The molecule has 0 saturated carbocycles. The summed E-state index contributed by atoms with van der Waals surface area (Å²) >= 11 is 9.32. The van der Waals surface area contributed by atoms with E-state index in [0.29, 0.717) is 22.0 Å². The Hall–Kier alpha value is -2.03. The van der Waals surface area contributed by atoms with E-state index in [0.717, 1.165) is 4.47 Å². The standard InChI is InChI=1S/C15H10BrClN2O2/c16-10-5-6-12(17)11(9-10)15(20)19-13-3-1-2-4-14(13)21-8-7-18/h1-6,9H,8H2,(H,19,20). The fraction of sp³-hybridized carbons (Fsp3) is 0.0667. The maximum Gasteiger partial charge on any atom is 0.257 e. The number of hydrogen-bond donors (Lipinski definition) is 1.